The Kier molecular flexibility index (Phi) is 5.18. The Morgan fingerprint density at radius 2 is 1.78 bits per heavy atom. The van der Waals surface area contributed by atoms with Crippen LogP contribution in [-0.4, -0.2) is 17.7 Å². The van der Waals surface area contributed by atoms with Crippen molar-refractivity contribution in [3.63, 3.8) is 0 Å². The highest BCUT2D eigenvalue weighted by molar-refractivity contribution is 6.33. The Hall–Kier alpha value is -2.18. The zero-order valence-electron chi connectivity index (χ0n) is 12.2. The van der Waals surface area contributed by atoms with E-state index in [1.54, 1.807) is 0 Å². The van der Waals surface area contributed by atoms with Crippen LogP contribution < -0.4 is 10.6 Å². The first kappa shape index (κ1) is 17.2. The molecule has 7 heteroatoms. The van der Waals surface area contributed by atoms with Crippen molar-refractivity contribution in [2.24, 2.45) is 0 Å². The summed E-state index contributed by atoms with van der Waals surface area (Å²) in [6.07, 6.45) is 0. The van der Waals surface area contributed by atoms with Gasteiger partial charge in [-0.2, -0.15) is 0 Å². The number of hydrogen-bond acceptors (Lipinski definition) is 2. The molecule has 0 heterocycles. The predicted octanol–water partition coefficient (Wildman–Crippen LogP) is 3.65. The van der Waals surface area contributed by atoms with Crippen LogP contribution in [0.2, 0.25) is 5.02 Å². The van der Waals surface area contributed by atoms with E-state index in [9.17, 15) is 18.7 Å². The van der Waals surface area contributed by atoms with Crippen molar-refractivity contribution in [1.82, 2.24) is 5.32 Å². The van der Waals surface area contributed by atoms with Crippen LogP contribution in [0.1, 0.15) is 12.5 Å². The summed E-state index contributed by atoms with van der Waals surface area (Å²) in [5.74, 6) is -0.929. The number of carbonyl (C=O) groups is 1. The number of carbonyl (C=O) groups excluding carboxylic acids is 1. The van der Waals surface area contributed by atoms with Crippen LogP contribution in [0.3, 0.4) is 0 Å². The largest absolute Gasteiger partial charge is 0.384 e. The number of nitrogens with one attached hydrogen (secondary N) is 2. The maximum atomic E-state index is 12.9. The summed E-state index contributed by atoms with van der Waals surface area (Å²) in [7, 11) is 0. The lowest BCUT2D eigenvalue weighted by Crippen LogP contribution is -2.40. The van der Waals surface area contributed by atoms with Gasteiger partial charge < -0.3 is 15.7 Å². The van der Waals surface area contributed by atoms with E-state index in [2.05, 4.69) is 10.6 Å². The van der Waals surface area contributed by atoms with E-state index in [-0.39, 0.29) is 17.3 Å². The second-order valence-electron chi connectivity index (χ2n) is 5.21. The van der Waals surface area contributed by atoms with E-state index in [1.807, 2.05) is 0 Å². The minimum Gasteiger partial charge on any atom is -0.384 e. The highest BCUT2D eigenvalue weighted by Gasteiger charge is 2.24. The molecule has 0 saturated carbocycles. The van der Waals surface area contributed by atoms with Crippen molar-refractivity contribution in [3.05, 3.63) is 64.7 Å². The SMILES string of the molecule is CC(O)(CNC(=O)Nc1ccc(F)cc1Cl)c1ccc(F)cc1. The molecule has 2 rings (SSSR count). The molecule has 0 spiro atoms. The van der Waals surface area contributed by atoms with Crippen LogP contribution in [0.4, 0.5) is 19.3 Å². The van der Waals surface area contributed by atoms with Gasteiger partial charge in [-0.1, -0.05) is 23.7 Å². The van der Waals surface area contributed by atoms with Crippen molar-refractivity contribution in [3.8, 4) is 0 Å². The summed E-state index contributed by atoms with van der Waals surface area (Å²) in [6, 6.07) is 8.28. The highest BCUT2D eigenvalue weighted by atomic mass is 35.5. The molecular weight excluding hydrogens is 326 g/mol. The van der Waals surface area contributed by atoms with Gasteiger partial charge in [0, 0.05) is 0 Å². The van der Waals surface area contributed by atoms with Crippen LogP contribution >= 0.6 is 11.6 Å². The van der Waals surface area contributed by atoms with Gasteiger partial charge in [-0.25, -0.2) is 13.6 Å². The molecule has 0 radical (unpaired) electrons. The van der Waals surface area contributed by atoms with Crippen molar-refractivity contribution in [1.29, 1.82) is 0 Å². The van der Waals surface area contributed by atoms with Gasteiger partial charge in [-0.3, -0.25) is 0 Å². The van der Waals surface area contributed by atoms with Crippen LogP contribution in [-0.2, 0) is 5.60 Å². The topological polar surface area (TPSA) is 61.4 Å². The highest BCUT2D eigenvalue weighted by Crippen LogP contribution is 2.23. The molecule has 0 aliphatic rings. The molecule has 2 aromatic rings. The number of halogens is 3. The Morgan fingerprint density at radius 1 is 1.17 bits per heavy atom. The number of urea groups is 1. The predicted molar refractivity (Wildman–Crippen MR) is 84.4 cm³/mol. The maximum Gasteiger partial charge on any atom is 0.319 e. The quantitative estimate of drug-likeness (QED) is 0.795. The standard InChI is InChI=1S/C16H15ClF2N2O2/c1-16(23,10-2-4-11(18)5-3-10)9-20-15(22)21-14-7-6-12(19)8-13(14)17/h2-8,23H,9H2,1H3,(H2,20,21,22). The first-order valence-electron chi connectivity index (χ1n) is 6.76. The van der Waals surface area contributed by atoms with Crippen LogP contribution in [0, 0.1) is 11.6 Å². The molecule has 4 nitrogen and oxygen atoms in total. The second kappa shape index (κ2) is 6.93. The first-order valence-corrected chi connectivity index (χ1v) is 7.14. The fraction of sp³-hybridized carbons (Fsp3) is 0.188. The molecule has 0 aliphatic heterocycles. The van der Waals surface area contributed by atoms with E-state index in [4.69, 9.17) is 11.6 Å². The third-order valence-electron chi connectivity index (χ3n) is 3.24. The summed E-state index contributed by atoms with van der Waals surface area (Å²) in [5.41, 5.74) is -0.677. The Morgan fingerprint density at radius 3 is 2.39 bits per heavy atom. The smallest absolute Gasteiger partial charge is 0.319 e. The normalized spacial score (nSPS) is 13.3. The van der Waals surface area contributed by atoms with E-state index >= 15 is 0 Å². The summed E-state index contributed by atoms with van der Waals surface area (Å²) in [5, 5.41) is 15.3. The summed E-state index contributed by atoms with van der Waals surface area (Å²) in [4.78, 5) is 11.8. The minimum absolute atomic E-state index is 0.0606. The lowest BCUT2D eigenvalue weighted by Gasteiger charge is -2.24. The fourth-order valence-corrected chi connectivity index (χ4v) is 2.14. The molecule has 0 saturated heterocycles. The van der Waals surface area contributed by atoms with Crippen molar-refractivity contribution < 1.29 is 18.7 Å². The van der Waals surface area contributed by atoms with Gasteiger partial charge >= 0.3 is 6.03 Å². The maximum absolute atomic E-state index is 12.9. The van der Waals surface area contributed by atoms with E-state index < -0.39 is 23.3 Å². The average molecular weight is 341 g/mol. The Balaban J connectivity index is 1.96. The van der Waals surface area contributed by atoms with Gasteiger partial charge in [0.1, 0.15) is 17.2 Å². The van der Waals surface area contributed by atoms with E-state index in [0.717, 1.165) is 12.1 Å². The molecule has 1 atom stereocenters. The number of amides is 2. The fourth-order valence-electron chi connectivity index (χ4n) is 1.92. The van der Waals surface area contributed by atoms with Gasteiger partial charge in [0.25, 0.3) is 0 Å². The zero-order chi connectivity index (χ0) is 17.0. The van der Waals surface area contributed by atoms with Gasteiger partial charge in [0.15, 0.2) is 0 Å². The van der Waals surface area contributed by atoms with Crippen LogP contribution in [0.5, 0.6) is 0 Å². The lowest BCUT2D eigenvalue weighted by atomic mass is 9.96. The first-order chi connectivity index (χ1) is 10.8. The van der Waals surface area contributed by atoms with Crippen molar-refractivity contribution >= 4 is 23.3 Å². The molecule has 2 aromatic carbocycles. The van der Waals surface area contributed by atoms with Gasteiger partial charge in [0.05, 0.1) is 17.3 Å². The molecule has 23 heavy (non-hydrogen) atoms. The third-order valence-corrected chi connectivity index (χ3v) is 3.55. The van der Waals surface area contributed by atoms with E-state index in [1.165, 1.54) is 37.3 Å². The molecule has 0 fully saturated rings. The Labute approximate surface area is 137 Å². The second-order valence-corrected chi connectivity index (χ2v) is 5.62. The molecule has 0 aromatic heterocycles. The van der Waals surface area contributed by atoms with Gasteiger partial charge in [0.2, 0.25) is 0 Å². The number of rotatable bonds is 4. The minimum atomic E-state index is -1.38. The molecule has 0 bridgehead atoms. The molecule has 122 valence electrons. The van der Waals surface area contributed by atoms with Gasteiger partial charge in [-0.05, 0) is 42.8 Å². The van der Waals surface area contributed by atoms with Crippen LogP contribution in [0.15, 0.2) is 42.5 Å². The lowest BCUT2D eigenvalue weighted by molar-refractivity contribution is 0.0599. The summed E-state index contributed by atoms with van der Waals surface area (Å²) >= 11 is 5.81. The molecule has 0 aliphatic carbocycles. The number of hydrogen-bond donors (Lipinski definition) is 3. The van der Waals surface area contributed by atoms with Crippen molar-refractivity contribution in [2.75, 3.05) is 11.9 Å². The summed E-state index contributed by atoms with van der Waals surface area (Å²) in [6.45, 7) is 1.38. The molecule has 1 unspecified atom stereocenters. The number of benzene rings is 2. The molecule has 2 amide bonds. The number of anilines is 1. The Bertz CT molecular complexity index is 706. The summed E-state index contributed by atoms with van der Waals surface area (Å²) < 4.78 is 25.8. The van der Waals surface area contributed by atoms with E-state index in [0.29, 0.717) is 5.56 Å². The van der Waals surface area contributed by atoms with Crippen LogP contribution in [0.25, 0.3) is 0 Å². The number of aliphatic hydroxyl groups is 1. The molecule has 3 N–H and O–H groups in total. The van der Waals surface area contributed by atoms with Gasteiger partial charge in [-0.15, -0.1) is 0 Å². The third kappa shape index (κ3) is 4.64. The monoisotopic (exact) mass is 340 g/mol. The average Bonchev–Trinajstić information content (AvgIpc) is 2.49. The van der Waals surface area contributed by atoms with Crippen molar-refractivity contribution in [2.45, 2.75) is 12.5 Å². The molecular formula is C16H15ClF2N2O2. The zero-order valence-corrected chi connectivity index (χ0v) is 13.0.